The van der Waals surface area contributed by atoms with Crippen LogP contribution in [0, 0.1) is 0 Å². The molecule has 1 aliphatic rings. The zero-order valence-electron chi connectivity index (χ0n) is 9.19. The first-order valence-electron chi connectivity index (χ1n) is 5.40. The Morgan fingerprint density at radius 3 is 2.93 bits per heavy atom. The topological polar surface area (TPSA) is 13.1 Å². The average Bonchev–Trinajstić information content (AvgIpc) is 2.86. The summed E-state index contributed by atoms with van der Waals surface area (Å²) in [6, 6.07) is 4.17. The highest BCUT2D eigenvalue weighted by Crippen LogP contribution is 2.37. The highest BCUT2D eigenvalue weighted by Gasteiger charge is 2.13. The standard InChI is InChI=1S/C13H16OS/c1-3-11-8-9-13(14-11)10(2)15-12-6-4-5-7-12/h4-6,8-10H,3,7H2,1-2H3. The molecule has 0 bridgehead atoms. The van der Waals surface area contributed by atoms with Crippen LogP contribution in [0.3, 0.4) is 0 Å². The second-order valence-electron chi connectivity index (χ2n) is 3.68. The maximum atomic E-state index is 5.74. The van der Waals surface area contributed by atoms with E-state index >= 15 is 0 Å². The number of hydrogen-bond donors (Lipinski definition) is 0. The summed E-state index contributed by atoms with van der Waals surface area (Å²) in [6.07, 6.45) is 8.55. The number of thioether (sulfide) groups is 1. The van der Waals surface area contributed by atoms with Crippen LogP contribution < -0.4 is 0 Å². The van der Waals surface area contributed by atoms with Crippen LogP contribution in [0.1, 0.15) is 37.0 Å². The lowest BCUT2D eigenvalue weighted by atomic mass is 10.3. The van der Waals surface area contributed by atoms with E-state index in [2.05, 4.69) is 44.2 Å². The Labute approximate surface area is 95.2 Å². The highest BCUT2D eigenvalue weighted by atomic mass is 32.2. The summed E-state index contributed by atoms with van der Waals surface area (Å²) >= 11 is 1.89. The summed E-state index contributed by atoms with van der Waals surface area (Å²) in [5, 5.41) is 0.413. The van der Waals surface area contributed by atoms with E-state index in [9.17, 15) is 0 Å². The molecule has 0 N–H and O–H groups in total. The normalized spacial score (nSPS) is 16.8. The zero-order valence-corrected chi connectivity index (χ0v) is 10.0. The van der Waals surface area contributed by atoms with Gasteiger partial charge in [0.1, 0.15) is 11.5 Å². The molecule has 15 heavy (non-hydrogen) atoms. The third-order valence-corrected chi connectivity index (χ3v) is 3.69. The van der Waals surface area contributed by atoms with Crippen molar-refractivity contribution < 1.29 is 4.42 Å². The zero-order chi connectivity index (χ0) is 10.7. The molecule has 0 saturated heterocycles. The molecule has 1 unspecified atom stereocenters. The maximum Gasteiger partial charge on any atom is 0.117 e. The van der Waals surface area contributed by atoms with Crippen LogP contribution in [0.2, 0.25) is 0 Å². The molecule has 0 amide bonds. The molecule has 2 heteroatoms. The predicted octanol–water partition coefficient (Wildman–Crippen LogP) is 4.48. The lowest BCUT2D eigenvalue weighted by Gasteiger charge is -2.08. The van der Waals surface area contributed by atoms with Crippen LogP contribution in [0.4, 0.5) is 0 Å². The van der Waals surface area contributed by atoms with E-state index in [0.717, 1.165) is 24.4 Å². The minimum Gasteiger partial charge on any atom is -0.465 e. The van der Waals surface area contributed by atoms with Gasteiger partial charge in [0.25, 0.3) is 0 Å². The van der Waals surface area contributed by atoms with Crippen LogP contribution >= 0.6 is 11.8 Å². The third kappa shape index (κ3) is 2.57. The van der Waals surface area contributed by atoms with E-state index < -0.39 is 0 Å². The summed E-state index contributed by atoms with van der Waals surface area (Å²) in [4.78, 5) is 1.43. The molecule has 0 aliphatic heterocycles. The van der Waals surface area contributed by atoms with E-state index in [4.69, 9.17) is 4.42 Å². The monoisotopic (exact) mass is 220 g/mol. The SMILES string of the molecule is CCc1ccc(C(C)SC2=CC=CC2)o1. The number of hydrogen-bond acceptors (Lipinski definition) is 2. The first-order valence-corrected chi connectivity index (χ1v) is 6.28. The summed E-state index contributed by atoms with van der Waals surface area (Å²) in [5.74, 6) is 2.17. The van der Waals surface area contributed by atoms with Gasteiger partial charge in [0.15, 0.2) is 0 Å². The van der Waals surface area contributed by atoms with Gasteiger partial charge >= 0.3 is 0 Å². The Balaban J connectivity index is 1.98. The molecule has 0 saturated carbocycles. The predicted molar refractivity (Wildman–Crippen MR) is 65.9 cm³/mol. The lowest BCUT2D eigenvalue weighted by Crippen LogP contribution is -1.85. The molecule has 0 radical (unpaired) electrons. The smallest absolute Gasteiger partial charge is 0.117 e. The fourth-order valence-corrected chi connectivity index (χ4v) is 2.65. The third-order valence-electron chi connectivity index (χ3n) is 2.50. The Kier molecular flexibility index (Phi) is 3.37. The number of furan rings is 1. The molecule has 1 nitrogen and oxygen atoms in total. The van der Waals surface area contributed by atoms with Crippen molar-refractivity contribution in [3.63, 3.8) is 0 Å². The van der Waals surface area contributed by atoms with Crippen molar-refractivity contribution in [2.24, 2.45) is 0 Å². The van der Waals surface area contributed by atoms with Gasteiger partial charge in [-0.3, -0.25) is 0 Å². The van der Waals surface area contributed by atoms with Gasteiger partial charge in [-0.25, -0.2) is 0 Å². The molecule has 1 aliphatic carbocycles. The summed E-state index contributed by atoms with van der Waals surface area (Å²) < 4.78 is 5.74. The molecule has 2 rings (SSSR count). The molecule has 0 aromatic carbocycles. The van der Waals surface area contributed by atoms with Crippen molar-refractivity contribution in [3.05, 3.63) is 46.8 Å². The highest BCUT2D eigenvalue weighted by molar-refractivity contribution is 8.03. The second-order valence-corrected chi connectivity index (χ2v) is 5.15. The largest absolute Gasteiger partial charge is 0.465 e. The van der Waals surface area contributed by atoms with Crippen molar-refractivity contribution in [2.45, 2.75) is 31.9 Å². The van der Waals surface area contributed by atoms with E-state index in [1.54, 1.807) is 0 Å². The Bertz CT molecular complexity index is 387. The molecular weight excluding hydrogens is 204 g/mol. The van der Waals surface area contributed by atoms with Gasteiger partial charge in [-0.15, -0.1) is 11.8 Å². The quantitative estimate of drug-likeness (QED) is 0.742. The minimum absolute atomic E-state index is 0.413. The summed E-state index contributed by atoms with van der Waals surface area (Å²) in [6.45, 7) is 4.31. The van der Waals surface area contributed by atoms with E-state index in [0.29, 0.717) is 5.25 Å². The van der Waals surface area contributed by atoms with Gasteiger partial charge in [-0.2, -0.15) is 0 Å². The number of aryl methyl sites for hydroxylation is 1. The van der Waals surface area contributed by atoms with Gasteiger partial charge in [0.2, 0.25) is 0 Å². The van der Waals surface area contributed by atoms with Gasteiger partial charge in [-0.05, 0) is 30.4 Å². The Morgan fingerprint density at radius 1 is 1.47 bits per heavy atom. The lowest BCUT2D eigenvalue weighted by molar-refractivity contribution is 0.472. The van der Waals surface area contributed by atoms with E-state index in [-0.39, 0.29) is 0 Å². The van der Waals surface area contributed by atoms with Crippen LogP contribution in [0.25, 0.3) is 0 Å². The molecule has 1 aromatic heterocycles. The maximum absolute atomic E-state index is 5.74. The Morgan fingerprint density at radius 2 is 2.33 bits per heavy atom. The van der Waals surface area contributed by atoms with Crippen molar-refractivity contribution in [1.82, 2.24) is 0 Å². The average molecular weight is 220 g/mol. The molecule has 1 aromatic rings. The fraction of sp³-hybridized carbons (Fsp3) is 0.385. The molecular formula is C13H16OS. The van der Waals surface area contributed by atoms with Crippen LogP contribution in [-0.2, 0) is 6.42 Å². The van der Waals surface area contributed by atoms with E-state index in [1.807, 2.05) is 11.8 Å². The fourth-order valence-electron chi connectivity index (χ4n) is 1.60. The van der Waals surface area contributed by atoms with Crippen molar-refractivity contribution in [3.8, 4) is 0 Å². The van der Waals surface area contributed by atoms with Crippen molar-refractivity contribution in [1.29, 1.82) is 0 Å². The molecule has 1 atom stereocenters. The minimum atomic E-state index is 0.413. The second kappa shape index (κ2) is 4.75. The van der Waals surface area contributed by atoms with Gasteiger partial charge in [0, 0.05) is 6.42 Å². The van der Waals surface area contributed by atoms with Crippen molar-refractivity contribution in [2.75, 3.05) is 0 Å². The molecule has 0 spiro atoms. The summed E-state index contributed by atoms with van der Waals surface area (Å²) in [7, 11) is 0. The van der Waals surface area contributed by atoms with Gasteiger partial charge in [-0.1, -0.05) is 25.2 Å². The van der Waals surface area contributed by atoms with Gasteiger partial charge in [0.05, 0.1) is 5.25 Å². The molecule has 1 heterocycles. The first-order chi connectivity index (χ1) is 7.29. The first kappa shape index (κ1) is 10.6. The van der Waals surface area contributed by atoms with Crippen LogP contribution in [0.15, 0.2) is 39.7 Å². The molecule has 0 fully saturated rings. The van der Waals surface area contributed by atoms with E-state index in [1.165, 1.54) is 4.91 Å². The molecule has 80 valence electrons. The number of allylic oxidation sites excluding steroid dienone is 4. The summed E-state index contributed by atoms with van der Waals surface area (Å²) in [5.41, 5.74) is 0. The number of rotatable bonds is 4. The Hall–Kier alpha value is -0.890. The van der Waals surface area contributed by atoms with Crippen LogP contribution in [-0.4, -0.2) is 0 Å². The van der Waals surface area contributed by atoms with Crippen LogP contribution in [0.5, 0.6) is 0 Å². The van der Waals surface area contributed by atoms with Crippen molar-refractivity contribution >= 4 is 11.8 Å². The van der Waals surface area contributed by atoms with Gasteiger partial charge < -0.3 is 4.42 Å².